The van der Waals surface area contributed by atoms with E-state index in [1.807, 2.05) is 0 Å². The zero-order valence-corrected chi connectivity index (χ0v) is 22.2. The van der Waals surface area contributed by atoms with Gasteiger partial charge in [0.05, 0.1) is 12.2 Å². The number of ether oxygens (including phenoxy) is 3. The Morgan fingerprint density at radius 2 is 1.24 bits per heavy atom. The van der Waals surface area contributed by atoms with Crippen LogP contribution in [0.25, 0.3) is 6.08 Å². The van der Waals surface area contributed by atoms with Crippen molar-refractivity contribution >= 4 is 24.0 Å². The summed E-state index contributed by atoms with van der Waals surface area (Å²) in [5.74, 6) is -0.375. The number of hydrogen-bond acceptors (Lipinski definition) is 6. The van der Waals surface area contributed by atoms with Gasteiger partial charge < -0.3 is 14.2 Å². The molecule has 2 rings (SSSR count). The fourth-order valence-corrected chi connectivity index (χ4v) is 3.63. The Balaban J connectivity index is 1.72. The van der Waals surface area contributed by atoms with Crippen molar-refractivity contribution in [3.63, 3.8) is 0 Å². The summed E-state index contributed by atoms with van der Waals surface area (Å²) in [5.41, 5.74) is 1.23. The number of esters is 3. The first-order chi connectivity index (χ1) is 18.0. The fourth-order valence-electron chi connectivity index (χ4n) is 3.63. The average molecular weight is 509 g/mol. The Morgan fingerprint density at radius 3 is 1.89 bits per heavy atom. The van der Waals surface area contributed by atoms with E-state index < -0.39 is 5.97 Å². The molecule has 0 amide bonds. The van der Waals surface area contributed by atoms with Gasteiger partial charge in [-0.05, 0) is 60.9 Å². The quantitative estimate of drug-likeness (QED) is 0.0943. The van der Waals surface area contributed by atoms with Gasteiger partial charge in [-0.15, -0.1) is 0 Å². The summed E-state index contributed by atoms with van der Waals surface area (Å²) < 4.78 is 15.9. The molecule has 6 heteroatoms. The molecule has 0 heterocycles. The maximum Gasteiger partial charge on any atom is 0.338 e. The van der Waals surface area contributed by atoms with Crippen molar-refractivity contribution in [2.45, 2.75) is 84.5 Å². The van der Waals surface area contributed by atoms with Crippen LogP contribution in [0.3, 0.4) is 0 Å². The van der Waals surface area contributed by atoms with E-state index in [9.17, 15) is 14.4 Å². The molecule has 0 spiro atoms. The summed E-state index contributed by atoms with van der Waals surface area (Å²) in [7, 11) is 0. The minimum atomic E-state index is -0.539. The van der Waals surface area contributed by atoms with Gasteiger partial charge >= 0.3 is 17.9 Å². The van der Waals surface area contributed by atoms with Crippen LogP contribution < -0.4 is 9.47 Å². The molecule has 0 saturated heterocycles. The van der Waals surface area contributed by atoms with Crippen molar-refractivity contribution in [3.05, 3.63) is 65.7 Å². The van der Waals surface area contributed by atoms with Crippen molar-refractivity contribution in [3.8, 4) is 11.5 Å². The van der Waals surface area contributed by atoms with Crippen LogP contribution in [0.15, 0.2) is 54.6 Å². The molecule has 2 aromatic carbocycles. The van der Waals surface area contributed by atoms with E-state index in [1.54, 1.807) is 54.6 Å². The molecule has 0 saturated carbocycles. The number of hydrogen-bond donors (Lipinski definition) is 0. The van der Waals surface area contributed by atoms with Crippen LogP contribution in [0.5, 0.6) is 11.5 Å². The first kappa shape index (κ1) is 29.8. The summed E-state index contributed by atoms with van der Waals surface area (Å²) >= 11 is 0. The molecule has 0 aliphatic heterocycles. The number of benzene rings is 2. The topological polar surface area (TPSA) is 78.9 Å². The Hall–Kier alpha value is -3.41. The highest BCUT2D eigenvalue weighted by Crippen LogP contribution is 2.19. The molecule has 0 fully saturated rings. The summed E-state index contributed by atoms with van der Waals surface area (Å²) in [6.07, 6.45) is 14.2. The van der Waals surface area contributed by atoms with Crippen LogP contribution in [0.1, 0.15) is 100 Å². The van der Waals surface area contributed by atoms with Crippen LogP contribution in [0, 0.1) is 0 Å². The summed E-state index contributed by atoms with van der Waals surface area (Å²) in [5, 5.41) is 0. The van der Waals surface area contributed by atoms with Crippen LogP contribution in [-0.4, -0.2) is 24.5 Å². The molecule has 2 aromatic rings. The van der Waals surface area contributed by atoms with Gasteiger partial charge in [-0.25, -0.2) is 9.59 Å². The Bertz CT molecular complexity index is 976. The molecule has 0 aromatic heterocycles. The number of carbonyl (C=O) groups excluding carboxylic acids is 3. The van der Waals surface area contributed by atoms with E-state index in [0.29, 0.717) is 30.1 Å². The molecule has 0 N–H and O–H groups in total. The van der Waals surface area contributed by atoms with Crippen molar-refractivity contribution in [1.82, 2.24) is 0 Å². The number of rotatable bonds is 17. The first-order valence-electron chi connectivity index (χ1n) is 13.5. The van der Waals surface area contributed by atoms with Crippen molar-refractivity contribution in [2.24, 2.45) is 0 Å². The standard InChI is InChI=1S/C31H40O6/c1-3-5-7-9-10-12-24-35-31(34)26-17-14-25(15-18-26)16-23-30(33)37-28-21-19-27(20-22-28)36-29(32)13-11-8-6-4-2/h14-23H,3-13,24H2,1-2H3. The SMILES string of the molecule is CCCCCCCCOC(=O)c1ccc(C=CC(=O)Oc2ccc(OC(=O)CCCCCC)cc2)cc1. The molecule has 200 valence electrons. The van der Waals surface area contributed by atoms with E-state index in [-0.39, 0.29) is 11.9 Å². The second-order valence-corrected chi connectivity index (χ2v) is 9.04. The van der Waals surface area contributed by atoms with Gasteiger partial charge in [0.15, 0.2) is 0 Å². The average Bonchev–Trinajstić information content (AvgIpc) is 2.91. The van der Waals surface area contributed by atoms with Gasteiger partial charge in [0.2, 0.25) is 0 Å². The zero-order valence-electron chi connectivity index (χ0n) is 22.2. The second-order valence-electron chi connectivity index (χ2n) is 9.04. The maximum absolute atomic E-state index is 12.2. The summed E-state index contributed by atoms with van der Waals surface area (Å²) in [4.78, 5) is 36.2. The number of unbranched alkanes of at least 4 members (excludes halogenated alkanes) is 8. The third-order valence-electron chi connectivity index (χ3n) is 5.80. The lowest BCUT2D eigenvalue weighted by Gasteiger charge is -2.06. The minimum Gasteiger partial charge on any atom is -0.462 e. The van der Waals surface area contributed by atoms with Crippen LogP contribution >= 0.6 is 0 Å². The predicted molar refractivity (Wildman–Crippen MR) is 146 cm³/mol. The lowest BCUT2D eigenvalue weighted by atomic mass is 10.1. The number of carbonyl (C=O) groups is 3. The van der Waals surface area contributed by atoms with E-state index >= 15 is 0 Å². The highest BCUT2D eigenvalue weighted by Gasteiger charge is 2.08. The lowest BCUT2D eigenvalue weighted by Crippen LogP contribution is -2.08. The molecule has 0 unspecified atom stereocenters. The van der Waals surface area contributed by atoms with Gasteiger partial charge in [-0.1, -0.05) is 77.3 Å². The highest BCUT2D eigenvalue weighted by molar-refractivity contribution is 5.91. The second kappa shape index (κ2) is 17.9. The molecular weight excluding hydrogens is 468 g/mol. The zero-order chi connectivity index (χ0) is 26.7. The van der Waals surface area contributed by atoms with Gasteiger partial charge in [-0.3, -0.25) is 4.79 Å². The molecule has 0 aliphatic carbocycles. The van der Waals surface area contributed by atoms with Crippen molar-refractivity contribution in [2.75, 3.05) is 6.61 Å². The minimum absolute atomic E-state index is 0.263. The predicted octanol–water partition coefficient (Wildman–Crippen LogP) is 7.70. The van der Waals surface area contributed by atoms with E-state index in [2.05, 4.69) is 13.8 Å². The third-order valence-corrected chi connectivity index (χ3v) is 5.80. The van der Waals surface area contributed by atoms with Crippen molar-refractivity contribution < 1.29 is 28.6 Å². The fraction of sp³-hybridized carbons (Fsp3) is 0.452. The molecule has 0 radical (unpaired) electrons. The highest BCUT2D eigenvalue weighted by atomic mass is 16.5. The monoisotopic (exact) mass is 508 g/mol. The molecular formula is C31H40O6. The molecule has 6 nitrogen and oxygen atoms in total. The Kier molecular flexibility index (Phi) is 14.4. The van der Waals surface area contributed by atoms with Crippen LogP contribution in [-0.2, 0) is 14.3 Å². The van der Waals surface area contributed by atoms with E-state index in [0.717, 1.165) is 44.1 Å². The van der Waals surface area contributed by atoms with Gasteiger partial charge in [0, 0.05) is 12.5 Å². The van der Waals surface area contributed by atoms with Gasteiger partial charge in [0.25, 0.3) is 0 Å². The third kappa shape index (κ3) is 12.9. The van der Waals surface area contributed by atoms with E-state index in [4.69, 9.17) is 14.2 Å². The Morgan fingerprint density at radius 1 is 0.676 bits per heavy atom. The largest absolute Gasteiger partial charge is 0.462 e. The summed E-state index contributed by atoms with van der Waals surface area (Å²) in [6.45, 7) is 4.74. The molecule has 0 aliphatic rings. The van der Waals surface area contributed by atoms with Crippen LogP contribution in [0.2, 0.25) is 0 Å². The lowest BCUT2D eigenvalue weighted by molar-refractivity contribution is -0.134. The molecule has 37 heavy (non-hydrogen) atoms. The van der Waals surface area contributed by atoms with Gasteiger partial charge in [-0.2, -0.15) is 0 Å². The van der Waals surface area contributed by atoms with Crippen LogP contribution in [0.4, 0.5) is 0 Å². The summed E-state index contributed by atoms with van der Waals surface area (Å²) in [6, 6.07) is 13.2. The normalized spacial score (nSPS) is 10.9. The molecule has 0 bridgehead atoms. The molecule has 0 atom stereocenters. The van der Waals surface area contributed by atoms with Crippen molar-refractivity contribution in [1.29, 1.82) is 0 Å². The van der Waals surface area contributed by atoms with Gasteiger partial charge in [0.1, 0.15) is 11.5 Å². The first-order valence-corrected chi connectivity index (χ1v) is 13.5. The Labute approximate surface area is 221 Å². The van der Waals surface area contributed by atoms with E-state index in [1.165, 1.54) is 31.8 Å². The maximum atomic E-state index is 12.2. The smallest absolute Gasteiger partial charge is 0.338 e.